The van der Waals surface area contributed by atoms with Gasteiger partial charge in [0.2, 0.25) is 0 Å². The minimum Gasteiger partial charge on any atom is -0.282 e. The highest BCUT2D eigenvalue weighted by atomic mass is 32.2. The first-order chi connectivity index (χ1) is 5.41. The van der Waals surface area contributed by atoms with Gasteiger partial charge >= 0.3 is 0 Å². The molecule has 0 aromatic heterocycles. The number of benzene rings is 1. The summed E-state index contributed by atoms with van der Waals surface area (Å²) in [4.78, 5) is 0.439. The van der Waals surface area contributed by atoms with Crippen molar-refractivity contribution in [3.8, 4) is 0 Å². The average Bonchev–Trinajstić information content (AvgIpc) is 1.92. The SMILES string of the molecule is O=S(=O)(O)c1cc(S)ccc1S. The van der Waals surface area contributed by atoms with Gasteiger partial charge in [-0.15, -0.1) is 25.3 Å². The molecule has 0 radical (unpaired) electrons. The van der Waals surface area contributed by atoms with E-state index in [9.17, 15) is 8.42 Å². The predicted molar refractivity (Wildman–Crippen MR) is 50.8 cm³/mol. The van der Waals surface area contributed by atoms with Crippen molar-refractivity contribution in [1.29, 1.82) is 0 Å². The minimum atomic E-state index is -4.18. The largest absolute Gasteiger partial charge is 0.295 e. The van der Waals surface area contributed by atoms with Gasteiger partial charge in [0, 0.05) is 9.79 Å². The third-order valence-electron chi connectivity index (χ3n) is 1.22. The van der Waals surface area contributed by atoms with Crippen molar-refractivity contribution < 1.29 is 13.0 Å². The topological polar surface area (TPSA) is 54.4 Å². The second-order valence-electron chi connectivity index (χ2n) is 2.13. The maximum atomic E-state index is 10.7. The van der Waals surface area contributed by atoms with Crippen LogP contribution in [0.25, 0.3) is 0 Å². The van der Waals surface area contributed by atoms with Crippen LogP contribution in [0.1, 0.15) is 0 Å². The lowest BCUT2D eigenvalue weighted by Gasteiger charge is -2.01. The van der Waals surface area contributed by atoms with Gasteiger partial charge in [-0.2, -0.15) is 8.42 Å². The summed E-state index contributed by atoms with van der Waals surface area (Å²) in [5.74, 6) is 0. The van der Waals surface area contributed by atoms with Crippen LogP contribution in [0.4, 0.5) is 0 Å². The van der Waals surface area contributed by atoms with E-state index in [0.717, 1.165) is 0 Å². The van der Waals surface area contributed by atoms with Gasteiger partial charge in [-0.05, 0) is 18.2 Å². The second-order valence-corrected chi connectivity index (χ2v) is 4.52. The van der Waals surface area contributed by atoms with Crippen LogP contribution in [0.2, 0.25) is 0 Å². The van der Waals surface area contributed by atoms with Crippen molar-refractivity contribution in [1.82, 2.24) is 0 Å². The molecule has 0 heterocycles. The maximum absolute atomic E-state index is 10.7. The summed E-state index contributed by atoms with van der Waals surface area (Å²) in [6.07, 6.45) is 0. The number of rotatable bonds is 1. The molecule has 6 heteroatoms. The fourth-order valence-corrected chi connectivity index (χ4v) is 2.09. The summed E-state index contributed by atoms with van der Waals surface area (Å²) in [6, 6.07) is 4.27. The summed E-state index contributed by atoms with van der Waals surface area (Å²) in [5.41, 5.74) is 0. The van der Waals surface area contributed by atoms with E-state index in [1.54, 1.807) is 6.07 Å². The molecular weight excluding hydrogens is 216 g/mol. The predicted octanol–water partition coefficient (Wildman–Crippen LogP) is 1.51. The molecule has 0 amide bonds. The number of hydrogen-bond acceptors (Lipinski definition) is 4. The zero-order valence-electron chi connectivity index (χ0n) is 5.80. The zero-order valence-corrected chi connectivity index (χ0v) is 8.40. The zero-order chi connectivity index (χ0) is 9.35. The van der Waals surface area contributed by atoms with Crippen molar-refractivity contribution in [2.75, 3.05) is 0 Å². The normalized spacial score (nSPS) is 11.6. The van der Waals surface area contributed by atoms with Gasteiger partial charge < -0.3 is 0 Å². The smallest absolute Gasteiger partial charge is 0.282 e. The standard InChI is InChI=1S/C6H6O3S3/c7-12(8,9)6-3-4(10)1-2-5(6)11/h1-3,10-11H,(H,7,8,9). The molecule has 0 saturated carbocycles. The monoisotopic (exact) mass is 222 g/mol. The molecule has 0 spiro atoms. The van der Waals surface area contributed by atoms with Gasteiger partial charge in [-0.3, -0.25) is 4.55 Å². The molecule has 1 aromatic rings. The van der Waals surface area contributed by atoms with E-state index in [0.29, 0.717) is 4.90 Å². The van der Waals surface area contributed by atoms with Crippen molar-refractivity contribution >= 4 is 35.4 Å². The molecule has 0 unspecified atom stereocenters. The van der Waals surface area contributed by atoms with E-state index in [1.165, 1.54) is 12.1 Å². The Balaban J connectivity index is 3.43. The Morgan fingerprint density at radius 1 is 1.25 bits per heavy atom. The Hall–Kier alpha value is -0.170. The number of hydrogen-bond donors (Lipinski definition) is 3. The Morgan fingerprint density at radius 3 is 2.25 bits per heavy atom. The first-order valence-electron chi connectivity index (χ1n) is 2.91. The van der Waals surface area contributed by atoms with Gasteiger partial charge in [0.15, 0.2) is 0 Å². The minimum absolute atomic E-state index is 0.204. The Morgan fingerprint density at radius 2 is 1.83 bits per heavy atom. The molecule has 0 bridgehead atoms. The van der Waals surface area contributed by atoms with Gasteiger partial charge in [-0.1, -0.05) is 0 Å². The van der Waals surface area contributed by atoms with Crippen LogP contribution in [0.15, 0.2) is 32.9 Å². The summed E-state index contributed by atoms with van der Waals surface area (Å²) in [5, 5.41) is 0. The van der Waals surface area contributed by atoms with Crippen molar-refractivity contribution in [2.45, 2.75) is 14.7 Å². The van der Waals surface area contributed by atoms with E-state index in [4.69, 9.17) is 4.55 Å². The third kappa shape index (κ3) is 2.16. The lowest BCUT2D eigenvalue weighted by molar-refractivity contribution is 0.481. The lowest BCUT2D eigenvalue weighted by atomic mass is 10.4. The highest BCUT2D eigenvalue weighted by molar-refractivity contribution is 7.87. The van der Waals surface area contributed by atoms with Gasteiger partial charge in [0.05, 0.1) is 0 Å². The Bertz CT molecular complexity index is 396. The summed E-state index contributed by atoms with van der Waals surface area (Å²) >= 11 is 7.79. The molecule has 12 heavy (non-hydrogen) atoms. The highest BCUT2D eigenvalue weighted by Gasteiger charge is 2.12. The third-order valence-corrected chi connectivity index (χ3v) is 2.93. The van der Waals surface area contributed by atoms with E-state index in [-0.39, 0.29) is 9.79 Å². The first kappa shape index (κ1) is 9.91. The molecule has 0 aliphatic rings. The van der Waals surface area contributed by atoms with Gasteiger partial charge in [-0.25, -0.2) is 0 Å². The summed E-state index contributed by atoms with van der Waals surface area (Å²) in [6.45, 7) is 0. The molecule has 0 aliphatic heterocycles. The van der Waals surface area contributed by atoms with Crippen LogP contribution in [-0.2, 0) is 10.1 Å². The van der Waals surface area contributed by atoms with Crippen molar-refractivity contribution in [3.05, 3.63) is 18.2 Å². The molecule has 66 valence electrons. The van der Waals surface area contributed by atoms with E-state index >= 15 is 0 Å². The molecule has 3 nitrogen and oxygen atoms in total. The van der Waals surface area contributed by atoms with Crippen molar-refractivity contribution in [2.24, 2.45) is 0 Å². The van der Waals surface area contributed by atoms with Crippen LogP contribution >= 0.6 is 25.3 Å². The van der Waals surface area contributed by atoms with Crippen LogP contribution < -0.4 is 0 Å². The number of thiol groups is 2. The molecule has 0 saturated heterocycles. The van der Waals surface area contributed by atoms with Crippen molar-refractivity contribution in [3.63, 3.8) is 0 Å². The van der Waals surface area contributed by atoms with Crippen LogP contribution in [0.3, 0.4) is 0 Å². The molecule has 0 atom stereocenters. The molecule has 1 N–H and O–H groups in total. The Labute approximate surface area is 81.4 Å². The van der Waals surface area contributed by atoms with E-state index in [1.807, 2.05) is 0 Å². The highest BCUT2D eigenvalue weighted by Crippen LogP contribution is 2.22. The van der Waals surface area contributed by atoms with Crippen LogP contribution in [0.5, 0.6) is 0 Å². The fraction of sp³-hybridized carbons (Fsp3) is 0. The maximum Gasteiger partial charge on any atom is 0.295 e. The quantitative estimate of drug-likeness (QED) is 0.498. The van der Waals surface area contributed by atoms with E-state index in [2.05, 4.69) is 25.3 Å². The summed E-state index contributed by atoms with van der Waals surface area (Å²) in [7, 11) is -4.18. The summed E-state index contributed by atoms with van der Waals surface area (Å²) < 4.78 is 30.0. The average molecular weight is 222 g/mol. The lowest BCUT2D eigenvalue weighted by Crippen LogP contribution is -1.99. The fourth-order valence-electron chi connectivity index (χ4n) is 0.709. The van der Waals surface area contributed by atoms with Gasteiger partial charge in [0.25, 0.3) is 10.1 Å². The van der Waals surface area contributed by atoms with E-state index < -0.39 is 10.1 Å². The molecular formula is C6H6O3S3. The van der Waals surface area contributed by atoms with Crippen LogP contribution in [0, 0.1) is 0 Å². The van der Waals surface area contributed by atoms with Gasteiger partial charge in [0.1, 0.15) is 4.90 Å². The molecule has 1 rings (SSSR count). The molecule has 0 aliphatic carbocycles. The molecule has 0 fully saturated rings. The first-order valence-corrected chi connectivity index (χ1v) is 5.24. The van der Waals surface area contributed by atoms with Crippen LogP contribution in [-0.4, -0.2) is 13.0 Å². The Kier molecular flexibility index (Phi) is 2.72. The molecule has 1 aromatic carbocycles. The second kappa shape index (κ2) is 3.29.